The summed E-state index contributed by atoms with van der Waals surface area (Å²) in [5.41, 5.74) is 1.88. The average Bonchev–Trinajstić information content (AvgIpc) is 2.67. The second-order valence-corrected chi connectivity index (χ2v) is 6.94. The molecule has 2 N–H and O–H groups in total. The molecule has 0 aromatic heterocycles. The Morgan fingerprint density at radius 1 is 0.741 bits per heavy atom. The van der Waals surface area contributed by atoms with E-state index in [0.717, 1.165) is 56.4 Å². The summed E-state index contributed by atoms with van der Waals surface area (Å²) < 4.78 is 11.4. The Kier molecular flexibility index (Phi) is 9.74. The summed E-state index contributed by atoms with van der Waals surface area (Å²) >= 11 is 0. The molecule has 0 aliphatic carbocycles. The van der Waals surface area contributed by atoms with Crippen LogP contribution in [-0.2, 0) is 15.9 Å². The minimum absolute atomic E-state index is 0.198. The van der Waals surface area contributed by atoms with Crippen molar-refractivity contribution < 1.29 is 19.7 Å². The van der Waals surface area contributed by atoms with Gasteiger partial charge >= 0.3 is 0 Å². The van der Waals surface area contributed by atoms with Crippen LogP contribution in [0.5, 0.6) is 11.5 Å². The fourth-order valence-electron chi connectivity index (χ4n) is 3.02. The Morgan fingerprint density at radius 3 is 2.07 bits per heavy atom. The molecular formula is C23H32O4. The first-order valence-corrected chi connectivity index (χ1v) is 9.88. The minimum Gasteiger partial charge on any atom is -0.508 e. The van der Waals surface area contributed by atoms with Gasteiger partial charge in [0.25, 0.3) is 0 Å². The third-order valence-electron chi connectivity index (χ3n) is 4.67. The van der Waals surface area contributed by atoms with Crippen molar-refractivity contribution >= 4 is 0 Å². The summed E-state index contributed by atoms with van der Waals surface area (Å²) in [6, 6.07) is 14.8. The summed E-state index contributed by atoms with van der Waals surface area (Å²) in [6.07, 6.45) is 5.11. The Balaban J connectivity index is 1.42. The van der Waals surface area contributed by atoms with Gasteiger partial charge in [-0.15, -0.1) is 0 Å². The first-order chi connectivity index (χ1) is 13.2. The highest BCUT2D eigenvalue weighted by molar-refractivity contribution is 5.34. The molecule has 1 unspecified atom stereocenters. The van der Waals surface area contributed by atoms with Gasteiger partial charge in [0.1, 0.15) is 11.5 Å². The van der Waals surface area contributed by atoms with Crippen molar-refractivity contribution in [2.75, 3.05) is 26.4 Å². The summed E-state index contributed by atoms with van der Waals surface area (Å²) in [4.78, 5) is 0. The van der Waals surface area contributed by atoms with Crippen molar-refractivity contribution in [3.63, 3.8) is 0 Å². The maximum atomic E-state index is 9.84. The van der Waals surface area contributed by atoms with Crippen LogP contribution in [0.25, 0.3) is 0 Å². The molecule has 0 spiro atoms. The number of para-hydroxylation sites is 2. The highest BCUT2D eigenvalue weighted by atomic mass is 16.5. The van der Waals surface area contributed by atoms with Crippen LogP contribution in [0.4, 0.5) is 0 Å². The molecule has 0 bridgehead atoms. The molecule has 27 heavy (non-hydrogen) atoms. The van der Waals surface area contributed by atoms with E-state index >= 15 is 0 Å². The van der Waals surface area contributed by atoms with E-state index in [1.807, 2.05) is 36.4 Å². The summed E-state index contributed by atoms with van der Waals surface area (Å²) in [6.45, 7) is 4.87. The molecule has 0 amide bonds. The molecule has 0 heterocycles. The van der Waals surface area contributed by atoms with E-state index in [-0.39, 0.29) is 5.92 Å². The number of rotatable bonds is 13. The van der Waals surface area contributed by atoms with Crippen molar-refractivity contribution in [1.82, 2.24) is 0 Å². The van der Waals surface area contributed by atoms with Crippen molar-refractivity contribution in [3.8, 4) is 11.5 Å². The van der Waals surface area contributed by atoms with E-state index in [9.17, 15) is 10.2 Å². The van der Waals surface area contributed by atoms with Crippen molar-refractivity contribution in [1.29, 1.82) is 0 Å². The van der Waals surface area contributed by atoms with Gasteiger partial charge in [-0.2, -0.15) is 0 Å². The molecule has 2 aromatic carbocycles. The van der Waals surface area contributed by atoms with E-state index in [4.69, 9.17) is 9.47 Å². The number of hydrogen-bond acceptors (Lipinski definition) is 4. The van der Waals surface area contributed by atoms with Crippen LogP contribution in [-0.4, -0.2) is 36.6 Å². The second-order valence-electron chi connectivity index (χ2n) is 6.94. The first kappa shape index (κ1) is 21.3. The molecular weight excluding hydrogens is 340 g/mol. The quantitative estimate of drug-likeness (QED) is 0.484. The Morgan fingerprint density at radius 2 is 1.37 bits per heavy atom. The van der Waals surface area contributed by atoms with Gasteiger partial charge in [0.05, 0.1) is 13.2 Å². The molecule has 0 aliphatic rings. The standard InChI is InChI=1S/C23H32O4/c1-19(21-11-5-7-13-23(21)25)18-27-16-9-3-2-8-15-26-17-14-20-10-4-6-12-22(20)24/h4-7,10-13,19,24-25H,2-3,8-9,14-18H2,1H3. The molecule has 4 heteroatoms. The zero-order valence-corrected chi connectivity index (χ0v) is 16.3. The SMILES string of the molecule is CC(COCCCCCCOCCc1ccccc1O)c1ccccc1O. The first-order valence-electron chi connectivity index (χ1n) is 9.88. The fraction of sp³-hybridized carbons (Fsp3) is 0.478. The summed E-state index contributed by atoms with van der Waals surface area (Å²) in [5.74, 6) is 0.887. The van der Waals surface area contributed by atoms with Crippen LogP contribution in [0, 0.1) is 0 Å². The molecule has 2 aromatic rings. The van der Waals surface area contributed by atoms with E-state index in [1.165, 1.54) is 0 Å². The van der Waals surface area contributed by atoms with Gasteiger partial charge in [0.2, 0.25) is 0 Å². The predicted molar refractivity (Wildman–Crippen MR) is 108 cm³/mol. The van der Waals surface area contributed by atoms with Crippen LogP contribution >= 0.6 is 0 Å². The number of hydrogen-bond donors (Lipinski definition) is 2. The number of aromatic hydroxyl groups is 2. The lowest BCUT2D eigenvalue weighted by molar-refractivity contribution is 0.115. The fourth-order valence-corrected chi connectivity index (χ4v) is 3.02. The lowest BCUT2D eigenvalue weighted by Crippen LogP contribution is -2.06. The van der Waals surface area contributed by atoms with Crippen molar-refractivity contribution in [2.45, 2.75) is 44.9 Å². The average molecular weight is 373 g/mol. The molecule has 0 radical (unpaired) electrons. The van der Waals surface area contributed by atoms with Gasteiger partial charge in [-0.1, -0.05) is 56.2 Å². The third-order valence-corrected chi connectivity index (χ3v) is 4.67. The molecule has 4 nitrogen and oxygen atoms in total. The van der Waals surface area contributed by atoms with Gasteiger partial charge in [-0.25, -0.2) is 0 Å². The molecule has 0 saturated heterocycles. The summed E-state index contributed by atoms with van der Waals surface area (Å²) in [5, 5.41) is 19.5. The van der Waals surface area contributed by atoms with Crippen LogP contribution < -0.4 is 0 Å². The van der Waals surface area contributed by atoms with E-state index in [2.05, 4.69) is 6.92 Å². The Hall–Kier alpha value is -2.04. The number of ether oxygens (including phenoxy) is 2. The lowest BCUT2D eigenvalue weighted by Gasteiger charge is -2.13. The van der Waals surface area contributed by atoms with Crippen molar-refractivity contribution in [3.05, 3.63) is 59.7 Å². The molecule has 0 saturated carbocycles. The zero-order chi connectivity index (χ0) is 19.3. The monoisotopic (exact) mass is 372 g/mol. The molecule has 2 rings (SSSR count). The Bertz CT molecular complexity index is 656. The van der Waals surface area contributed by atoms with E-state index in [0.29, 0.717) is 24.7 Å². The highest BCUT2D eigenvalue weighted by Crippen LogP contribution is 2.25. The molecule has 0 aliphatic heterocycles. The smallest absolute Gasteiger partial charge is 0.119 e. The zero-order valence-electron chi connectivity index (χ0n) is 16.3. The lowest BCUT2D eigenvalue weighted by atomic mass is 10.0. The van der Waals surface area contributed by atoms with Gasteiger partial charge < -0.3 is 19.7 Å². The molecule has 1 atom stereocenters. The minimum atomic E-state index is 0.198. The number of unbranched alkanes of at least 4 members (excludes halogenated alkanes) is 3. The van der Waals surface area contributed by atoms with Crippen LogP contribution in [0.3, 0.4) is 0 Å². The Labute approximate surface area is 162 Å². The van der Waals surface area contributed by atoms with Crippen molar-refractivity contribution in [2.24, 2.45) is 0 Å². The second kappa shape index (κ2) is 12.4. The number of phenolic OH excluding ortho intramolecular Hbond substituents is 2. The van der Waals surface area contributed by atoms with E-state index < -0.39 is 0 Å². The normalized spacial score (nSPS) is 12.2. The van der Waals surface area contributed by atoms with Gasteiger partial charge in [-0.05, 0) is 42.5 Å². The topological polar surface area (TPSA) is 58.9 Å². The van der Waals surface area contributed by atoms with Gasteiger partial charge in [0.15, 0.2) is 0 Å². The molecule has 148 valence electrons. The van der Waals surface area contributed by atoms with Crippen LogP contribution in [0.15, 0.2) is 48.5 Å². The molecule has 0 fully saturated rings. The number of phenols is 2. The predicted octanol–water partition coefficient (Wildman–Crippen LogP) is 5.04. The highest BCUT2D eigenvalue weighted by Gasteiger charge is 2.09. The maximum absolute atomic E-state index is 9.84. The van der Waals surface area contributed by atoms with Gasteiger partial charge in [0, 0.05) is 19.1 Å². The largest absolute Gasteiger partial charge is 0.508 e. The van der Waals surface area contributed by atoms with Gasteiger partial charge in [-0.3, -0.25) is 0 Å². The third kappa shape index (κ3) is 8.02. The van der Waals surface area contributed by atoms with Crippen LogP contribution in [0.2, 0.25) is 0 Å². The maximum Gasteiger partial charge on any atom is 0.119 e. The number of benzene rings is 2. The summed E-state index contributed by atoms with van der Waals surface area (Å²) in [7, 11) is 0. The van der Waals surface area contributed by atoms with Crippen LogP contribution in [0.1, 0.15) is 49.7 Å². The van der Waals surface area contributed by atoms with E-state index in [1.54, 1.807) is 12.1 Å².